The van der Waals surface area contributed by atoms with Gasteiger partial charge >= 0.3 is 0 Å². The van der Waals surface area contributed by atoms with E-state index in [1.807, 2.05) is 60.9 Å². The second kappa shape index (κ2) is 8.10. The average molecular weight is 362 g/mol. The van der Waals surface area contributed by atoms with E-state index < -0.39 is 0 Å². The molecule has 1 N–H and O–H groups in total. The monoisotopic (exact) mass is 362 g/mol. The lowest BCUT2D eigenvalue weighted by Crippen LogP contribution is -2.38. The third-order valence-corrected chi connectivity index (χ3v) is 4.49. The maximum absolute atomic E-state index is 5.97. The van der Waals surface area contributed by atoms with Crippen LogP contribution in [0.2, 0.25) is 0 Å². The summed E-state index contributed by atoms with van der Waals surface area (Å²) in [4.78, 5) is 4.37. The van der Waals surface area contributed by atoms with Gasteiger partial charge in [-0.15, -0.1) is 0 Å². The molecular formula is C22H22N2O3. The molecule has 0 saturated carbocycles. The van der Waals surface area contributed by atoms with E-state index in [1.165, 1.54) is 0 Å². The van der Waals surface area contributed by atoms with Gasteiger partial charge in [-0.3, -0.25) is 4.98 Å². The Labute approximate surface area is 158 Å². The van der Waals surface area contributed by atoms with Gasteiger partial charge in [0.05, 0.1) is 7.11 Å². The number of aromatic nitrogens is 1. The van der Waals surface area contributed by atoms with E-state index in [9.17, 15) is 0 Å². The van der Waals surface area contributed by atoms with Gasteiger partial charge in [0.15, 0.2) is 11.5 Å². The molecule has 27 heavy (non-hydrogen) atoms. The number of hydrogen-bond donors (Lipinski definition) is 1. The van der Waals surface area contributed by atoms with Gasteiger partial charge in [-0.05, 0) is 41.5 Å². The third kappa shape index (κ3) is 4.20. The van der Waals surface area contributed by atoms with E-state index in [1.54, 1.807) is 7.11 Å². The molecule has 2 heterocycles. The minimum atomic E-state index is -0.00219. The molecule has 3 aromatic rings. The first-order valence-electron chi connectivity index (χ1n) is 8.99. The Hall–Kier alpha value is -3.05. The van der Waals surface area contributed by atoms with Gasteiger partial charge < -0.3 is 19.5 Å². The molecule has 0 radical (unpaired) electrons. The highest BCUT2D eigenvalue weighted by Gasteiger charge is 2.19. The molecule has 138 valence electrons. The van der Waals surface area contributed by atoms with Crippen LogP contribution in [-0.2, 0) is 6.54 Å². The highest BCUT2D eigenvalue weighted by atomic mass is 16.6. The fraction of sp³-hybridized carbons (Fsp3) is 0.227. The molecule has 0 aliphatic carbocycles. The second-order valence-electron chi connectivity index (χ2n) is 6.44. The molecule has 1 aliphatic heterocycles. The number of para-hydroxylation sites is 2. The second-order valence-corrected chi connectivity index (χ2v) is 6.44. The first-order valence-corrected chi connectivity index (χ1v) is 8.99. The Balaban J connectivity index is 1.34. The van der Waals surface area contributed by atoms with Crippen molar-refractivity contribution in [2.24, 2.45) is 0 Å². The van der Waals surface area contributed by atoms with Crippen LogP contribution in [0.1, 0.15) is 5.56 Å². The molecule has 1 aromatic heterocycles. The summed E-state index contributed by atoms with van der Waals surface area (Å²) in [7, 11) is 1.67. The fourth-order valence-electron chi connectivity index (χ4n) is 3.07. The molecule has 4 rings (SSSR count). The quantitative estimate of drug-likeness (QED) is 0.725. The number of nitrogens with one attached hydrogen (secondary N) is 1. The van der Waals surface area contributed by atoms with Gasteiger partial charge in [-0.2, -0.15) is 0 Å². The molecule has 1 unspecified atom stereocenters. The molecule has 1 atom stereocenters. The van der Waals surface area contributed by atoms with Crippen LogP contribution < -0.4 is 19.5 Å². The van der Waals surface area contributed by atoms with Crippen molar-refractivity contribution in [3.63, 3.8) is 0 Å². The summed E-state index contributed by atoms with van der Waals surface area (Å²) in [6.07, 6.45) is 3.76. The Morgan fingerprint density at radius 3 is 2.67 bits per heavy atom. The van der Waals surface area contributed by atoms with E-state index in [4.69, 9.17) is 14.2 Å². The molecule has 1 aliphatic rings. The van der Waals surface area contributed by atoms with Gasteiger partial charge in [0.1, 0.15) is 18.5 Å². The maximum atomic E-state index is 5.97. The van der Waals surface area contributed by atoms with Crippen LogP contribution in [-0.4, -0.2) is 31.3 Å². The predicted octanol–water partition coefficient (Wildman–Crippen LogP) is 3.69. The smallest absolute Gasteiger partial charge is 0.161 e. The van der Waals surface area contributed by atoms with Crippen LogP contribution in [0, 0.1) is 0 Å². The van der Waals surface area contributed by atoms with Crippen LogP contribution in [0.15, 0.2) is 67.0 Å². The molecule has 5 nitrogen and oxygen atoms in total. The zero-order valence-corrected chi connectivity index (χ0v) is 15.2. The molecule has 0 amide bonds. The van der Waals surface area contributed by atoms with Crippen LogP contribution in [0.25, 0.3) is 11.1 Å². The van der Waals surface area contributed by atoms with Crippen molar-refractivity contribution in [2.45, 2.75) is 12.6 Å². The number of hydrogen-bond acceptors (Lipinski definition) is 5. The Morgan fingerprint density at radius 2 is 1.85 bits per heavy atom. The standard InChI is InChI=1S/C22H22N2O3/c1-25-19-8-6-17(7-9-19)18-10-16(11-23-13-18)12-24-14-20-15-26-21-4-2-3-5-22(21)27-20/h2-11,13,20,24H,12,14-15H2,1H3. The average Bonchev–Trinajstić information content (AvgIpc) is 2.74. The summed E-state index contributed by atoms with van der Waals surface area (Å²) in [5.41, 5.74) is 3.33. The lowest BCUT2D eigenvalue weighted by Gasteiger charge is -2.26. The Morgan fingerprint density at radius 1 is 1.04 bits per heavy atom. The maximum Gasteiger partial charge on any atom is 0.161 e. The van der Waals surface area contributed by atoms with Crippen molar-refractivity contribution in [2.75, 3.05) is 20.3 Å². The van der Waals surface area contributed by atoms with Crippen LogP contribution >= 0.6 is 0 Å². The number of rotatable bonds is 6. The van der Waals surface area contributed by atoms with Gasteiger partial charge in [0.25, 0.3) is 0 Å². The number of fused-ring (bicyclic) bond motifs is 1. The zero-order valence-electron chi connectivity index (χ0n) is 15.2. The zero-order chi connectivity index (χ0) is 18.5. The van der Waals surface area contributed by atoms with Crippen molar-refractivity contribution in [3.8, 4) is 28.4 Å². The summed E-state index contributed by atoms with van der Waals surface area (Å²) in [5, 5.41) is 3.43. The number of pyridine rings is 1. The van der Waals surface area contributed by atoms with Crippen molar-refractivity contribution in [1.29, 1.82) is 0 Å². The van der Waals surface area contributed by atoms with E-state index in [0.29, 0.717) is 13.2 Å². The predicted molar refractivity (Wildman–Crippen MR) is 104 cm³/mol. The Bertz CT molecular complexity index is 896. The lowest BCUT2D eigenvalue weighted by molar-refractivity contribution is 0.0902. The molecule has 0 bridgehead atoms. The van der Waals surface area contributed by atoms with Crippen LogP contribution in [0.3, 0.4) is 0 Å². The SMILES string of the molecule is COc1ccc(-c2cncc(CNCC3COc4ccccc4O3)c2)cc1. The fourth-order valence-corrected chi connectivity index (χ4v) is 3.07. The van der Waals surface area contributed by atoms with E-state index in [2.05, 4.69) is 16.4 Å². The highest BCUT2D eigenvalue weighted by Crippen LogP contribution is 2.30. The molecule has 2 aromatic carbocycles. The van der Waals surface area contributed by atoms with Crippen LogP contribution in [0.5, 0.6) is 17.2 Å². The number of nitrogens with zero attached hydrogens (tertiary/aromatic N) is 1. The van der Waals surface area contributed by atoms with E-state index in [0.717, 1.165) is 40.5 Å². The molecule has 0 fully saturated rings. The summed E-state index contributed by atoms with van der Waals surface area (Å²) in [6, 6.07) is 17.9. The highest BCUT2D eigenvalue weighted by molar-refractivity contribution is 5.63. The van der Waals surface area contributed by atoms with Crippen molar-refractivity contribution in [1.82, 2.24) is 10.3 Å². The van der Waals surface area contributed by atoms with Crippen molar-refractivity contribution < 1.29 is 14.2 Å². The molecule has 0 spiro atoms. The summed E-state index contributed by atoms with van der Waals surface area (Å²) >= 11 is 0. The summed E-state index contributed by atoms with van der Waals surface area (Å²) in [6.45, 7) is 1.98. The number of methoxy groups -OCH3 is 1. The summed E-state index contributed by atoms with van der Waals surface area (Å²) in [5.74, 6) is 2.46. The van der Waals surface area contributed by atoms with Crippen molar-refractivity contribution >= 4 is 0 Å². The summed E-state index contributed by atoms with van der Waals surface area (Å²) < 4.78 is 16.9. The lowest BCUT2D eigenvalue weighted by atomic mass is 10.1. The van der Waals surface area contributed by atoms with Gasteiger partial charge in [-0.25, -0.2) is 0 Å². The minimum absolute atomic E-state index is 0.00219. The Kier molecular flexibility index (Phi) is 5.21. The van der Waals surface area contributed by atoms with E-state index >= 15 is 0 Å². The molecular weight excluding hydrogens is 340 g/mol. The minimum Gasteiger partial charge on any atom is -0.497 e. The first kappa shape index (κ1) is 17.4. The number of ether oxygens (including phenoxy) is 3. The number of benzene rings is 2. The van der Waals surface area contributed by atoms with Gasteiger partial charge in [-0.1, -0.05) is 24.3 Å². The van der Waals surface area contributed by atoms with Gasteiger partial charge in [0, 0.05) is 31.0 Å². The van der Waals surface area contributed by atoms with Crippen LogP contribution in [0.4, 0.5) is 0 Å². The largest absolute Gasteiger partial charge is 0.497 e. The molecule has 0 saturated heterocycles. The normalized spacial score (nSPS) is 15.4. The molecule has 5 heteroatoms. The van der Waals surface area contributed by atoms with Crippen molar-refractivity contribution in [3.05, 3.63) is 72.6 Å². The van der Waals surface area contributed by atoms with Gasteiger partial charge in [0.2, 0.25) is 0 Å². The third-order valence-electron chi connectivity index (χ3n) is 4.49. The van der Waals surface area contributed by atoms with E-state index in [-0.39, 0.29) is 6.10 Å². The topological polar surface area (TPSA) is 52.6 Å². The first-order chi connectivity index (χ1) is 13.3.